The topological polar surface area (TPSA) is 26.3 Å². The summed E-state index contributed by atoms with van der Waals surface area (Å²) in [4.78, 5) is 11.5. The van der Waals surface area contributed by atoms with Crippen molar-refractivity contribution in [2.45, 2.75) is 0 Å². The molecule has 0 fully saturated rings. The van der Waals surface area contributed by atoms with Crippen molar-refractivity contribution in [3.05, 3.63) is 58.1 Å². The number of carbonyl (C=O) groups is 1. The minimum absolute atomic E-state index is 0.0643. The standard InChI is InChI=1S/C14H9Cl3O2/c15-8-13(18)9-2-1-3-11(6-9)19-14-5-4-10(16)7-12(14)17/h1-7H,8H2. The summed E-state index contributed by atoms with van der Waals surface area (Å²) in [6.07, 6.45) is 0. The van der Waals surface area contributed by atoms with Gasteiger partial charge in [-0.15, -0.1) is 11.6 Å². The van der Waals surface area contributed by atoms with Gasteiger partial charge in [-0.25, -0.2) is 0 Å². The van der Waals surface area contributed by atoms with Gasteiger partial charge >= 0.3 is 0 Å². The van der Waals surface area contributed by atoms with Crippen LogP contribution in [-0.4, -0.2) is 11.7 Å². The summed E-state index contributed by atoms with van der Waals surface area (Å²) in [5.74, 6) is 0.765. The lowest BCUT2D eigenvalue weighted by molar-refractivity contribution is 0.102. The Morgan fingerprint density at radius 3 is 2.58 bits per heavy atom. The first-order valence-corrected chi connectivity index (χ1v) is 6.71. The van der Waals surface area contributed by atoms with Gasteiger partial charge in [-0.2, -0.15) is 0 Å². The van der Waals surface area contributed by atoms with E-state index in [4.69, 9.17) is 39.5 Å². The van der Waals surface area contributed by atoms with Crippen LogP contribution < -0.4 is 4.74 Å². The monoisotopic (exact) mass is 314 g/mol. The first kappa shape index (κ1) is 14.2. The van der Waals surface area contributed by atoms with Crippen LogP contribution in [-0.2, 0) is 0 Å². The van der Waals surface area contributed by atoms with E-state index < -0.39 is 0 Å². The highest BCUT2D eigenvalue weighted by atomic mass is 35.5. The molecule has 0 saturated carbocycles. The molecule has 0 heterocycles. The van der Waals surface area contributed by atoms with Crippen LogP contribution >= 0.6 is 34.8 Å². The molecule has 0 amide bonds. The van der Waals surface area contributed by atoms with Crippen molar-refractivity contribution in [3.63, 3.8) is 0 Å². The van der Waals surface area contributed by atoms with Crippen LogP contribution in [0.4, 0.5) is 0 Å². The number of alkyl halides is 1. The van der Waals surface area contributed by atoms with Gasteiger partial charge in [0, 0.05) is 10.6 Å². The number of hydrogen-bond acceptors (Lipinski definition) is 2. The van der Waals surface area contributed by atoms with E-state index >= 15 is 0 Å². The van der Waals surface area contributed by atoms with E-state index in [9.17, 15) is 4.79 Å². The second-order valence-corrected chi connectivity index (χ2v) is 4.87. The Morgan fingerprint density at radius 2 is 1.89 bits per heavy atom. The molecule has 0 aliphatic rings. The van der Waals surface area contributed by atoms with E-state index in [1.165, 1.54) is 0 Å². The Morgan fingerprint density at radius 1 is 1.11 bits per heavy atom. The quantitative estimate of drug-likeness (QED) is 0.572. The Labute approximate surface area is 125 Å². The van der Waals surface area contributed by atoms with Crippen molar-refractivity contribution in [3.8, 4) is 11.5 Å². The lowest BCUT2D eigenvalue weighted by atomic mass is 10.1. The highest BCUT2D eigenvalue weighted by Crippen LogP contribution is 2.31. The van der Waals surface area contributed by atoms with Crippen LogP contribution in [0.25, 0.3) is 0 Å². The normalized spacial score (nSPS) is 10.3. The molecule has 0 N–H and O–H groups in total. The molecule has 0 saturated heterocycles. The molecule has 19 heavy (non-hydrogen) atoms. The molecule has 2 aromatic carbocycles. The minimum atomic E-state index is -0.158. The van der Waals surface area contributed by atoms with Gasteiger partial charge in [0.25, 0.3) is 0 Å². The van der Waals surface area contributed by atoms with Gasteiger partial charge in [0.05, 0.1) is 10.9 Å². The zero-order valence-electron chi connectivity index (χ0n) is 9.70. The predicted molar refractivity (Wildman–Crippen MR) is 78.0 cm³/mol. The second kappa shape index (κ2) is 6.29. The SMILES string of the molecule is O=C(CCl)c1cccc(Oc2ccc(Cl)cc2Cl)c1. The summed E-state index contributed by atoms with van der Waals surface area (Å²) in [5, 5.41) is 0.935. The van der Waals surface area contributed by atoms with Gasteiger partial charge in [-0.3, -0.25) is 4.79 Å². The first-order valence-electron chi connectivity index (χ1n) is 5.42. The van der Waals surface area contributed by atoms with E-state index in [0.717, 1.165) is 0 Å². The van der Waals surface area contributed by atoms with E-state index in [1.807, 2.05) is 0 Å². The summed E-state index contributed by atoms with van der Waals surface area (Å²) < 4.78 is 5.61. The molecular weight excluding hydrogens is 307 g/mol. The number of ketones is 1. The smallest absolute Gasteiger partial charge is 0.177 e. The molecule has 2 aromatic rings. The number of halogens is 3. The van der Waals surface area contributed by atoms with Crippen LogP contribution in [0.5, 0.6) is 11.5 Å². The van der Waals surface area contributed by atoms with Gasteiger partial charge in [0.2, 0.25) is 0 Å². The fourth-order valence-corrected chi connectivity index (χ4v) is 2.10. The summed E-state index contributed by atoms with van der Waals surface area (Å²) in [6, 6.07) is 11.7. The Hall–Kier alpha value is -1.22. The van der Waals surface area contributed by atoms with Crippen molar-refractivity contribution < 1.29 is 9.53 Å². The van der Waals surface area contributed by atoms with Gasteiger partial charge in [-0.1, -0.05) is 35.3 Å². The van der Waals surface area contributed by atoms with Crippen molar-refractivity contribution >= 4 is 40.6 Å². The van der Waals surface area contributed by atoms with Crippen molar-refractivity contribution in [2.24, 2.45) is 0 Å². The van der Waals surface area contributed by atoms with Crippen molar-refractivity contribution in [1.82, 2.24) is 0 Å². The molecule has 0 unspecified atom stereocenters. The highest BCUT2D eigenvalue weighted by molar-refractivity contribution is 6.35. The third-order valence-electron chi connectivity index (χ3n) is 2.40. The number of Topliss-reactive ketones (excluding diaryl/α,β-unsaturated/α-hetero) is 1. The number of carbonyl (C=O) groups excluding carboxylic acids is 1. The fraction of sp³-hybridized carbons (Fsp3) is 0.0714. The zero-order valence-corrected chi connectivity index (χ0v) is 12.0. The molecule has 0 radical (unpaired) electrons. The Kier molecular flexibility index (Phi) is 4.70. The number of rotatable bonds is 4. The molecule has 2 nitrogen and oxygen atoms in total. The zero-order chi connectivity index (χ0) is 13.8. The Bertz CT molecular complexity index is 611. The van der Waals surface area contributed by atoms with Crippen molar-refractivity contribution in [2.75, 3.05) is 5.88 Å². The van der Waals surface area contributed by atoms with E-state index in [1.54, 1.807) is 42.5 Å². The summed E-state index contributed by atoms with van der Waals surface area (Å²) in [7, 11) is 0. The summed E-state index contributed by atoms with van der Waals surface area (Å²) in [5.41, 5.74) is 0.498. The molecule has 0 spiro atoms. The van der Waals surface area contributed by atoms with Gasteiger partial charge in [0.15, 0.2) is 5.78 Å². The average Bonchev–Trinajstić information content (AvgIpc) is 2.41. The van der Waals surface area contributed by atoms with E-state index in [2.05, 4.69) is 0 Å². The van der Waals surface area contributed by atoms with Gasteiger partial charge in [0.1, 0.15) is 11.5 Å². The maximum Gasteiger partial charge on any atom is 0.177 e. The molecular formula is C14H9Cl3O2. The average molecular weight is 316 g/mol. The fourth-order valence-electron chi connectivity index (χ4n) is 1.50. The van der Waals surface area contributed by atoms with Crippen LogP contribution in [0.2, 0.25) is 10.0 Å². The third-order valence-corrected chi connectivity index (χ3v) is 3.17. The van der Waals surface area contributed by atoms with Gasteiger partial charge in [-0.05, 0) is 30.3 Å². The van der Waals surface area contributed by atoms with Crippen molar-refractivity contribution in [1.29, 1.82) is 0 Å². The lowest BCUT2D eigenvalue weighted by Crippen LogP contribution is -2.00. The Balaban J connectivity index is 2.26. The molecule has 98 valence electrons. The number of benzene rings is 2. The minimum Gasteiger partial charge on any atom is -0.456 e. The van der Waals surface area contributed by atoms with Crippen LogP contribution in [0.15, 0.2) is 42.5 Å². The van der Waals surface area contributed by atoms with Crippen LogP contribution in [0.3, 0.4) is 0 Å². The molecule has 0 aromatic heterocycles. The molecule has 0 bridgehead atoms. The third kappa shape index (κ3) is 3.63. The summed E-state index contributed by atoms with van der Waals surface area (Å²) >= 11 is 17.3. The molecule has 2 rings (SSSR count). The van der Waals surface area contributed by atoms with Crippen LogP contribution in [0, 0.1) is 0 Å². The molecule has 0 aliphatic heterocycles. The number of ether oxygens (including phenoxy) is 1. The molecule has 5 heteroatoms. The summed E-state index contributed by atoms with van der Waals surface area (Å²) in [6.45, 7) is 0. The second-order valence-electron chi connectivity index (χ2n) is 3.76. The van der Waals surface area contributed by atoms with Gasteiger partial charge < -0.3 is 4.74 Å². The predicted octanol–water partition coefficient (Wildman–Crippen LogP) is 5.21. The largest absolute Gasteiger partial charge is 0.456 e. The number of hydrogen-bond donors (Lipinski definition) is 0. The highest BCUT2D eigenvalue weighted by Gasteiger charge is 2.07. The molecule has 0 atom stereocenters. The first-order chi connectivity index (χ1) is 9.10. The maximum atomic E-state index is 11.5. The maximum absolute atomic E-state index is 11.5. The lowest BCUT2D eigenvalue weighted by Gasteiger charge is -2.08. The van der Waals surface area contributed by atoms with Crippen LogP contribution in [0.1, 0.15) is 10.4 Å². The molecule has 0 aliphatic carbocycles. The van der Waals surface area contributed by atoms with E-state index in [0.29, 0.717) is 27.1 Å². The van der Waals surface area contributed by atoms with E-state index in [-0.39, 0.29) is 11.7 Å².